The molecule has 0 heterocycles. The maximum Gasteiger partial charge on any atom is 0.123 e. The molecule has 0 saturated carbocycles. The predicted molar refractivity (Wildman–Crippen MR) is 76.7 cm³/mol. The third kappa shape index (κ3) is 4.75. The van der Waals surface area contributed by atoms with Crippen LogP contribution in [-0.4, -0.2) is 26.4 Å². The molecule has 1 aromatic carbocycles. The molecule has 0 radical (unpaired) electrons. The lowest BCUT2D eigenvalue weighted by Gasteiger charge is -2.16. The molecule has 0 spiro atoms. The van der Waals surface area contributed by atoms with Gasteiger partial charge in [0.25, 0.3) is 0 Å². The Labute approximate surface area is 114 Å². The Morgan fingerprint density at radius 2 is 2.17 bits per heavy atom. The molecule has 0 aliphatic rings. The Bertz CT molecular complexity index is 358. The number of ether oxygens (including phenoxy) is 2. The van der Waals surface area contributed by atoms with Crippen LogP contribution in [0.4, 0.5) is 5.69 Å². The number of methoxy groups -OCH3 is 1. The molecule has 4 heteroatoms. The van der Waals surface area contributed by atoms with E-state index in [1.54, 1.807) is 7.11 Å². The molecule has 18 heavy (non-hydrogen) atoms. The zero-order valence-electron chi connectivity index (χ0n) is 11.3. The van der Waals surface area contributed by atoms with Gasteiger partial charge in [-0.1, -0.05) is 0 Å². The highest BCUT2D eigenvalue weighted by Gasteiger charge is 2.06. The van der Waals surface area contributed by atoms with Crippen LogP contribution in [0.25, 0.3) is 0 Å². The second kappa shape index (κ2) is 8.22. The SMILES string of the molecule is CCOc1ccc(NC(C)CCOC)cc1CCl. The summed E-state index contributed by atoms with van der Waals surface area (Å²) in [5.74, 6) is 1.32. The van der Waals surface area contributed by atoms with Crippen LogP contribution < -0.4 is 10.1 Å². The molecule has 1 N–H and O–H groups in total. The van der Waals surface area contributed by atoms with E-state index in [9.17, 15) is 0 Å². The molecule has 0 amide bonds. The fraction of sp³-hybridized carbons (Fsp3) is 0.571. The molecule has 0 bridgehead atoms. The van der Waals surface area contributed by atoms with Crippen LogP contribution in [0, 0.1) is 0 Å². The van der Waals surface area contributed by atoms with Crippen molar-refractivity contribution in [2.45, 2.75) is 32.2 Å². The summed E-state index contributed by atoms with van der Waals surface area (Å²) >= 11 is 5.93. The Kier molecular flexibility index (Phi) is 6.91. The zero-order chi connectivity index (χ0) is 13.4. The summed E-state index contributed by atoms with van der Waals surface area (Å²) in [6, 6.07) is 6.39. The van der Waals surface area contributed by atoms with E-state index in [0.717, 1.165) is 30.0 Å². The summed E-state index contributed by atoms with van der Waals surface area (Å²) < 4.78 is 10.6. The summed E-state index contributed by atoms with van der Waals surface area (Å²) in [6.07, 6.45) is 0.972. The zero-order valence-corrected chi connectivity index (χ0v) is 12.1. The second-order valence-electron chi connectivity index (χ2n) is 4.22. The van der Waals surface area contributed by atoms with Gasteiger partial charge in [0.2, 0.25) is 0 Å². The van der Waals surface area contributed by atoms with Crippen LogP contribution in [0.2, 0.25) is 0 Å². The maximum absolute atomic E-state index is 5.93. The van der Waals surface area contributed by atoms with Gasteiger partial charge in [-0.3, -0.25) is 0 Å². The van der Waals surface area contributed by atoms with E-state index in [1.165, 1.54) is 0 Å². The molecule has 0 aliphatic carbocycles. The smallest absolute Gasteiger partial charge is 0.123 e. The van der Waals surface area contributed by atoms with Crippen molar-refractivity contribution in [3.05, 3.63) is 23.8 Å². The van der Waals surface area contributed by atoms with Gasteiger partial charge in [-0.15, -0.1) is 11.6 Å². The first-order valence-electron chi connectivity index (χ1n) is 6.28. The third-order valence-corrected chi connectivity index (χ3v) is 2.96. The average molecular weight is 272 g/mol. The van der Waals surface area contributed by atoms with E-state index in [-0.39, 0.29) is 0 Å². The van der Waals surface area contributed by atoms with Gasteiger partial charge in [-0.2, -0.15) is 0 Å². The van der Waals surface area contributed by atoms with Crippen molar-refractivity contribution in [2.24, 2.45) is 0 Å². The fourth-order valence-electron chi connectivity index (χ4n) is 1.72. The number of nitrogens with one attached hydrogen (secondary N) is 1. The van der Waals surface area contributed by atoms with Crippen molar-refractivity contribution in [2.75, 3.05) is 25.6 Å². The molecular formula is C14H22ClNO2. The lowest BCUT2D eigenvalue weighted by atomic mass is 10.1. The predicted octanol–water partition coefficient (Wildman–Crippen LogP) is 3.66. The van der Waals surface area contributed by atoms with Crippen LogP contribution in [0.5, 0.6) is 5.75 Å². The van der Waals surface area contributed by atoms with E-state index in [1.807, 2.05) is 25.1 Å². The molecule has 1 aromatic rings. The van der Waals surface area contributed by atoms with Crippen LogP contribution in [-0.2, 0) is 10.6 Å². The summed E-state index contributed by atoms with van der Waals surface area (Å²) in [6.45, 7) is 5.52. The number of hydrogen-bond donors (Lipinski definition) is 1. The summed E-state index contributed by atoms with van der Waals surface area (Å²) in [5.41, 5.74) is 2.08. The van der Waals surface area contributed by atoms with Crippen molar-refractivity contribution in [3.63, 3.8) is 0 Å². The lowest BCUT2D eigenvalue weighted by Crippen LogP contribution is -2.17. The van der Waals surface area contributed by atoms with Gasteiger partial charge >= 0.3 is 0 Å². The van der Waals surface area contributed by atoms with Gasteiger partial charge in [0.1, 0.15) is 5.75 Å². The van der Waals surface area contributed by atoms with Crippen LogP contribution in [0.15, 0.2) is 18.2 Å². The van der Waals surface area contributed by atoms with Gasteiger partial charge in [0.05, 0.1) is 12.5 Å². The normalized spacial score (nSPS) is 12.2. The minimum absolute atomic E-state index is 0.367. The number of anilines is 1. The Balaban J connectivity index is 2.66. The first-order chi connectivity index (χ1) is 8.71. The Hall–Kier alpha value is -0.930. The highest BCUT2D eigenvalue weighted by Crippen LogP contribution is 2.25. The Morgan fingerprint density at radius 1 is 1.39 bits per heavy atom. The minimum atomic E-state index is 0.367. The molecule has 3 nitrogen and oxygen atoms in total. The second-order valence-corrected chi connectivity index (χ2v) is 4.48. The van der Waals surface area contributed by atoms with E-state index < -0.39 is 0 Å². The first kappa shape index (κ1) is 15.1. The van der Waals surface area contributed by atoms with Gasteiger partial charge < -0.3 is 14.8 Å². The lowest BCUT2D eigenvalue weighted by molar-refractivity contribution is 0.191. The minimum Gasteiger partial charge on any atom is -0.494 e. The fourth-order valence-corrected chi connectivity index (χ4v) is 1.93. The van der Waals surface area contributed by atoms with Crippen LogP contribution in [0.3, 0.4) is 0 Å². The van der Waals surface area contributed by atoms with Gasteiger partial charge in [-0.25, -0.2) is 0 Å². The topological polar surface area (TPSA) is 30.5 Å². The first-order valence-corrected chi connectivity index (χ1v) is 6.81. The van der Waals surface area contributed by atoms with Gasteiger partial charge in [0, 0.05) is 31.0 Å². The number of rotatable bonds is 8. The van der Waals surface area contributed by atoms with E-state index >= 15 is 0 Å². The Morgan fingerprint density at radius 3 is 2.78 bits per heavy atom. The molecule has 0 fully saturated rings. The molecule has 1 rings (SSSR count). The molecule has 0 aromatic heterocycles. The largest absolute Gasteiger partial charge is 0.494 e. The van der Waals surface area contributed by atoms with Crippen molar-refractivity contribution >= 4 is 17.3 Å². The quantitative estimate of drug-likeness (QED) is 0.732. The van der Waals surface area contributed by atoms with Crippen molar-refractivity contribution in [1.82, 2.24) is 0 Å². The molecular weight excluding hydrogens is 250 g/mol. The van der Waals surface area contributed by atoms with Gasteiger partial charge in [0.15, 0.2) is 0 Å². The molecule has 0 aliphatic heterocycles. The van der Waals surface area contributed by atoms with E-state index in [4.69, 9.17) is 21.1 Å². The highest BCUT2D eigenvalue weighted by molar-refractivity contribution is 6.17. The molecule has 1 unspecified atom stereocenters. The standard InChI is InChI=1S/C14H22ClNO2/c1-4-18-14-6-5-13(9-12(14)10-15)16-11(2)7-8-17-3/h5-6,9,11,16H,4,7-8,10H2,1-3H3. The number of alkyl halides is 1. The summed E-state index contributed by atoms with van der Waals surface area (Å²) in [4.78, 5) is 0. The van der Waals surface area contributed by atoms with Crippen molar-refractivity contribution < 1.29 is 9.47 Å². The third-order valence-electron chi connectivity index (χ3n) is 2.67. The number of benzene rings is 1. The van der Waals surface area contributed by atoms with Crippen LogP contribution >= 0.6 is 11.6 Å². The van der Waals surface area contributed by atoms with E-state index in [2.05, 4.69) is 12.2 Å². The van der Waals surface area contributed by atoms with Crippen LogP contribution in [0.1, 0.15) is 25.8 Å². The summed E-state index contributed by atoms with van der Waals surface area (Å²) in [5, 5.41) is 3.43. The highest BCUT2D eigenvalue weighted by atomic mass is 35.5. The molecule has 0 saturated heterocycles. The molecule has 102 valence electrons. The number of halogens is 1. The number of hydrogen-bond acceptors (Lipinski definition) is 3. The maximum atomic E-state index is 5.93. The summed E-state index contributed by atoms with van der Waals surface area (Å²) in [7, 11) is 1.72. The average Bonchev–Trinajstić information content (AvgIpc) is 2.38. The van der Waals surface area contributed by atoms with Crippen molar-refractivity contribution in [3.8, 4) is 5.75 Å². The van der Waals surface area contributed by atoms with Crippen molar-refractivity contribution in [1.29, 1.82) is 0 Å². The van der Waals surface area contributed by atoms with Gasteiger partial charge in [-0.05, 0) is 38.5 Å². The monoisotopic (exact) mass is 271 g/mol. The van der Waals surface area contributed by atoms with E-state index in [0.29, 0.717) is 18.5 Å². The molecule has 1 atom stereocenters.